The molecule has 3 fully saturated rings. The van der Waals surface area contributed by atoms with Gasteiger partial charge in [0.25, 0.3) is 5.91 Å². The highest BCUT2D eigenvalue weighted by Gasteiger charge is 2.49. The van der Waals surface area contributed by atoms with Gasteiger partial charge in [0.2, 0.25) is 0 Å². The Morgan fingerprint density at radius 1 is 1.06 bits per heavy atom. The highest BCUT2D eigenvalue weighted by atomic mass is 19.4. The Morgan fingerprint density at radius 2 is 1.81 bits per heavy atom. The van der Waals surface area contributed by atoms with E-state index in [1.807, 2.05) is 17.7 Å². The Kier molecular flexibility index (Phi) is 8.55. The number of aryl methyl sites for hydroxylation is 1. The van der Waals surface area contributed by atoms with Crippen LogP contribution >= 0.6 is 0 Å². The van der Waals surface area contributed by atoms with E-state index in [0.717, 1.165) is 69.5 Å². The SMILES string of the molecule is CC(C)C1CN(C)CCN1Cc1cc2c(c(C(F)(F)F)c1)CN(c1cc([C@]3(c4nncn4C)C[C@H](C)C3)cc(NC3CCCC3)n1)C2=O. The van der Waals surface area contributed by atoms with Crippen LogP contribution in [-0.2, 0) is 31.7 Å². The summed E-state index contributed by atoms with van der Waals surface area (Å²) in [5, 5.41) is 12.3. The lowest BCUT2D eigenvalue weighted by atomic mass is 9.58. The fraction of sp³-hybridized carbons (Fsp3) is 0.611. The number of pyridine rings is 1. The van der Waals surface area contributed by atoms with E-state index in [-0.39, 0.29) is 29.8 Å². The number of hydrogen-bond acceptors (Lipinski definition) is 7. The molecule has 0 spiro atoms. The maximum absolute atomic E-state index is 14.7. The largest absolute Gasteiger partial charge is 0.416 e. The standard InChI is InChI=1S/C36H47F3N8O/c1-22(2)30-20-44(4)10-11-46(30)18-24-12-27-28(29(13-24)36(37,38)39)19-47(33(27)48)32-15-25(14-31(42-32)41-26-8-6-7-9-26)35(16-23(3)17-35)34-43-40-21-45(34)5/h12-15,21-23,26,30H,6-11,16-20H2,1-5H3,(H,41,42)/t23-,30?,35-. The van der Waals surface area contributed by atoms with Gasteiger partial charge in [0.15, 0.2) is 0 Å². The summed E-state index contributed by atoms with van der Waals surface area (Å²) < 4.78 is 46.1. The molecule has 1 unspecified atom stereocenters. The van der Waals surface area contributed by atoms with Gasteiger partial charge in [-0.15, -0.1) is 10.2 Å². The van der Waals surface area contributed by atoms with E-state index in [2.05, 4.69) is 59.2 Å². The molecule has 1 saturated heterocycles. The van der Waals surface area contributed by atoms with Crippen LogP contribution in [0, 0.1) is 11.8 Å². The average Bonchev–Trinajstić information content (AvgIpc) is 3.76. The number of aromatic nitrogens is 4. The van der Waals surface area contributed by atoms with Crippen LogP contribution in [0.15, 0.2) is 30.6 Å². The Hall–Kier alpha value is -3.51. The number of nitrogens with zero attached hydrogens (tertiary/aromatic N) is 7. The van der Waals surface area contributed by atoms with Crippen LogP contribution in [0.5, 0.6) is 0 Å². The van der Waals surface area contributed by atoms with E-state index < -0.39 is 23.1 Å². The molecule has 0 radical (unpaired) electrons. The molecule has 7 rings (SSSR count). The Bertz CT molecular complexity index is 1670. The van der Waals surface area contributed by atoms with Gasteiger partial charge >= 0.3 is 6.18 Å². The van der Waals surface area contributed by atoms with Crippen LogP contribution in [0.2, 0.25) is 0 Å². The van der Waals surface area contributed by atoms with Crippen molar-refractivity contribution in [1.82, 2.24) is 29.5 Å². The van der Waals surface area contributed by atoms with Gasteiger partial charge in [0, 0.05) is 50.9 Å². The zero-order valence-electron chi connectivity index (χ0n) is 28.6. The number of nitrogens with one attached hydrogen (secondary N) is 1. The van der Waals surface area contributed by atoms with Crippen LogP contribution < -0.4 is 10.2 Å². The van der Waals surface area contributed by atoms with Crippen LogP contribution in [0.4, 0.5) is 24.8 Å². The molecule has 2 aromatic heterocycles. The topological polar surface area (TPSA) is 82.4 Å². The molecule has 12 heteroatoms. The van der Waals surface area contributed by atoms with Crippen molar-refractivity contribution in [1.29, 1.82) is 0 Å². The van der Waals surface area contributed by atoms with E-state index in [1.165, 1.54) is 11.0 Å². The number of carbonyl (C=O) groups excluding carboxylic acids is 1. The minimum Gasteiger partial charge on any atom is -0.367 e. The zero-order valence-corrected chi connectivity index (χ0v) is 28.6. The van der Waals surface area contributed by atoms with E-state index in [0.29, 0.717) is 35.6 Å². The zero-order chi connectivity index (χ0) is 34.0. The Balaban J connectivity index is 1.27. The van der Waals surface area contributed by atoms with Crippen molar-refractivity contribution in [3.63, 3.8) is 0 Å². The molecule has 4 aliphatic rings. The number of piperazine rings is 1. The summed E-state index contributed by atoms with van der Waals surface area (Å²) in [5.41, 5.74) is 0.452. The number of amides is 1. The second-order valence-corrected chi connectivity index (χ2v) is 15.2. The normalized spacial score (nSPS) is 25.6. The fourth-order valence-corrected chi connectivity index (χ4v) is 8.73. The molecule has 1 atom stereocenters. The second kappa shape index (κ2) is 12.4. The van der Waals surface area contributed by atoms with Gasteiger partial charge in [0.05, 0.1) is 17.5 Å². The summed E-state index contributed by atoms with van der Waals surface area (Å²) in [4.78, 5) is 25.1. The van der Waals surface area contributed by atoms with E-state index >= 15 is 0 Å². The Morgan fingerprint density at radius 3 is 2.46 bits per heavy atom. The van der Waals surface area contributed by atoms with Gasteiger partial charge in [-0.3, -0.25) is 14.6 Å². The number of fused-ring (bicyclic) bond motifs is 1. The lowest BCUT2D eigenvalue weighted by Crippen LogP contribution is -2.53. The van der Waals surface area contributed by atoms with Gasteiger partial charge in [-0.05, 0) is 85.5 Å². The number of carbonyl (C=O) groups is 1. The predicted molar refractivity (Wildman–Crippen MR) is 179 cm³/mol. The first-order valence-corrected chi connectivity index (χ1v) is 17.4. The highest BCUT2D eigenvalue weighted by Crippen LogP contribution is 2.52. The molecule has 2 aliphatic heterocycles. The number of hydrogen-bond donors (Lipinski definition) is 1. The van der Waals surface area contributed by atoms with Gasteiger partial charge in [-0.2, -0.15) is 13.2 Å². The summed E-state index contributed by atoms with van der Waals surface area (Å²) in [5.74, 6) is 2.21. The highest BCUT2D eigenvalue weighted by molar-refractivity contribution is 6.10. The van der Waals surface area contributed by atoms with Gasteiger partial charge in [0.1, 0.15) is 23.8 Å². The summed E-state index contributed by atoms with van der Waals surface area (Å²) in [6.45, 7) is 9.15. The van der Waals surface area contributed by atoms with Gasteiger partial charge in [-0.25, -0.2) is 4.98 Å². The third-order valence-corrected chi connectivity index (χ3v) is 11.2. The number of likely N-dealkylation sites (N-methyl/N-ethyl adjacent to an activating group) is 1. The smallest absolute Gasteiger partial charge is 0.367 e. The first-order valence-electron chi connectivity index (χ1n) is 17.4. The van der Waals surface area contributed by atoms with Crippen molar-refractivity contribution in [2.45, 2.75) is 96.1 Å². The van der Waals surface area contributed by atoms with Crippen molar-refractivity contribution in [3.8, 4) is 0 Å². The molecule has 2 saturated carbocycles. The number of anilines is 2. The van der Waals surface area contributed by atoms with Crippen molar-refractivity contribution in [3.05, 3.63) is 64.2 Å². The maximum Gasteiger partial charge on any atom is 0.416 e. The summed E-state index contributed by atoms with van der Waals surface area (Å²) >= 11 is 0. The van der Waals surface area contributed by atoms with Crippen molar-refractivity contribution in [2.24, 2.45) is 18.9 Å². The lowest BCUT2D eigenvalue weighted by molar-refractivity contribution is -0.138. The van der Waals surface area contributed by atoms with Crippen LogP contribution in [0.25, 0.3) is 0 Å². The average molecular weight is 665 g/mol. The maximum atomic E-state index is 14.7. The lowest BCUT2D eigenvalue weighted by Gasteiger charge is -2.46. The molecule has 1 aromatic carbocycles. The van der Waals surface area contributed by atoms with Gasteiger partial charge < -0.3 is 14.8 Å². The molecule has 1 N–H and O–H groups in total. The van der Waals surface area contributed by atoms with Crippen LogP contribution in [0.1, 0.15) is 97.7 Å². The molecular formula is C36H47F3N8O. The summed E-state index contributed by atoms with van der Waals surface area (Å²) in [6.07, 6.45) is 3.14. The number of halogens is 3. The van der Waals surface area contributed by atoms with Crippen LogP contribution in [0.3, 0.4) is 0 Å². The third-order valence-electron chi connectivity index (χ3n) is 11.2. The number of rotatable bonds is 8. The summed E-state index contributed by atoms with van der Waals surface area (Å²) in [6, 6.07) is 7.39. The predicted octanol–water partition coefficient (Wildman–Crippen LogP) is 6.23. The fourth-order valence-electron chi connectivity index (χ4n) is 8.73. The molecule has 258 valence electrons. The van der Waals surface area contributed by atoms with E-state index in [9.17, 15) is 18.0 Å². The molecular weight excluding hydrogens is 617 g/mol. The molecule has 3 aromatic rings. The quantitative estimate of drug-likeness (QED) is 0.306. The summed E-state index contributed by atoms with van der Waals surface area (Å²) in [7, 11) is 4.01. The molecule has 2 aliphatic carbocycles. The molecule has 4 heterocycles. The molecule has 1 amide bonds. The third kappa shape index (κ3) is 5.99. The van der Waals surface area contributed by atoms with Crippen molar-refractivity contribution in [2.75, 3.05) is 36.9 Å². The molecule has 9 nitrogen and oxygen atoms in total. The minimum atomic E-state index is -4.60. The first kappa shape index (κ1) is 33.0. The van der Waals surface area contributed by atoms with Crippen molar-refractivity contribution >= 4 is 17.5 Å². The van der Waals surface area contributed by atoms with Gasteiger partial charge in [-0.1, -0.05) is 33.6 Å². The van der Waals surface area contributed by atoms with E-state index in [1.54, 1.807) is 12.4 Å². The second-order valence-electron chi connectivity index (χ2n) is 15.2. The number of benzene rings is 1. The minimum absolute atomic E-state index is 0.0211. The number of alkyl halides is 3. The first-order chi connectivity index (χ1) is 22.8. The Labute approximate surface area is 280 Å². The van der Waals surface area contributed by atoms with Crippen LogP contribution in [-0.4, -0.2) is 74.2 Å². The molecule has 0 bridgehead atoms. The van der Waals surface area contributed by atoms with Crippen molar-refractivity contribution < 1.29 is 18.0 Å². The molecule has 48 heavy (non-hydrogen) atoms. The van der Waals surface area contributed by atoms with E-state index in [4.69, 9.17) is 4.98 Å². The monoisotopic (exact) mass is 664 g/mol.